The first-order valence-corrected chi connectivity index (χ1v) is 12.2. The number of alkyl halides is 3. The number of carbonyl (C=O) groups is 2. The SMILES string of the molecule is Cn1cc(CNCC2CCN(c3nc4cc(C(=O)NOC(=O)C(F)(F)F)ccc4o3)CC2)c2ccccc21. The Labute approximate surface area is 215 Å². The Morgan fingerprint density at radius 2 is 1.92 bits per heavy atom. The molecular formula is C26H26F3N5O4. The maximum absolute atomic E-state index is 12.2. The summed E-state index contributed by atoms with van der Waals surface area (Å²) in [6.07, 6.45) is -1.13. The minimum Gasteiger partial charge on any atom is -0.423 e. The average molecular weight is 530 g/mol. The smallest absolute Gasteiger partial charge is 0.423 e. The van der Waals surface area contributed by atoms with Crippen LogP contribution in [0.4, 0.5) is 19.2 Å². The number of amides is 1. The molecule has 4 aromatic rings. The van der Waals surface area contributed by atoms with Gasteiger partial charge in [0.05, 0.1) is 0 Å². The van der Waals surface area contributed by atoms with E-state index in [-0.39, 0.29) is 5.56 Å². The van der Waals surface area contributed by atoms with Gasteiger partial charge in [-0.05, 0) is 55.1 Å². The van der Waals surface area contributed by atoms with Gasteiger partial charge in [0, 0.05) is 49.3 Å². The first kappa shape index (κ1) is 25.6. The van der Waals surface area contributed by atoms with E-state index in [1.54, 1.807) is 0 Å². The molecule has 2 aromatic heterocycles. The molecule has 0 bridgehead atoms. The molecule has 1 amide bonds. The number of hydroxylamine groups is 1. The van der Waals surface area contributed by atoms with Crippen molar-refractivity contribution in [2.24, 2.45) is 13.0 Å². The number of benzene rings is 2. The number of aryl methyl sites for hydroxylation is 1. The van der Waals surface area contributed by atoms with Gasteiger partial charge in [-0.2, -0.15) is 23.6 Å². The van der Waals surface area contributed by atoms with Crippen LogP contribution in [0.1, 0.15) is 28.8 Å². The summed E-state index contributed by atoms with van der Waals surface area (Å²) in [6.45, 7) is 3.22. The molecule has 1 aliphatic heterocycles. The van der Waals surface area contributed by atoms with Crippen LogP contribution in [0.5, 0.6) is 0 Å². The molecule has 0 atom stereocenters. The maximum atomic E-state index is 12.2. The highest BCUT2D eigenvalue weighted by atomic mass is 19.4. The second kappa shape index (κ2) is 10.4. The van der Waals surface area contributed by atoms with Gasteiger partial charge in [0.25, 0.3) is 11.9 Å². The Kier molecular flexibility index (Phi) is 6.98. The normalized spacial score (nSPS) is 14.8. The molecule has 0 radical (unpaired) electrons. The number of rotatable bonds is 6. The van der Waals surface area contributed by atoms with Gasteiger partial charge in [0.1, 0.15) is 5.52 Å². The average Bonchev–Trinajstić information content (AvgIpc) is 3.47. The summed E-state index contributed by atoms with van der Waals surface area (Å²) in [7, 11) is 2.05. The number of hydrogen-bond donors (Lipinski definition) is 2. The summed E-state index contributed by atoms with van der Waals surface area (Å²) in [5.74, 6) is -3.01. The Hall–Kier alpha value is -4.06. The van der Waals surface area contributed by atoms with Crippen molar-refractivity contribution in [2.45, 2.75) is 25.6 Å². The fourth-order valence-electron chi connectivity index (χ4n) is 4.71. The summed E-state index contributed by atoms with van der Waals surface area (Å²) in [5, 5.41) is 4.85. The largest absolute Gasteiger partial charge is 0.493 e. The van der Waals surface area contributed by atoms with E-state index in [1.807, 2.05) is 11.0 Å². The van der Waals surface area contributed by atoms with E-state index in [1.165, 1.54) is 40.1 Å². The zero-order valence-electron chi connectivity index (χ0n) is 20.5. The number of fused-ring (bicyclic) bond motifs is 2. The van der Waals surface area contributed by atoms with Crippen molar-refractivity contribution in [3.8, 4) is 0 Å². The highest BCUT2D eigenvalue weighted by molar-refractivity contribution is 5.97. The Morgan fingerprint density at radius 1 is 1.16 bits per heavy atom. The van der Waals surface area contributed by atoms with Gasteiger partial charge < -0.3 is 24.0 Å². The van der Waals surface area contributed by atoms with Crippen LogP contribution in [-0.4, -0.2) is 47.2 Å². The number of carbonyl (C=O) groups excluding carboxylic acids is 2. The molecule has 2 aromatic carbocycles. The number of hydrogen-bond acceptors (Lipinski definition) is 7. The molecular weight excluding hydrogens is 503 g/mol. The lowest BCUT2D eigenvalue weighted by atomic mass is 9.97. The molecule has 0 spiro atoms. The first-order valence-electron chi connectivity index (χ1n) is 12.2. The molecule has 1 fully saturated rings. The lowest BCUT2D eigenvalue weighted by Gasteiger charge is -2.31. The van der Waals surface area contributed by atoms with Crippen LogP contribution in [0.15, 0.2) is 53.1 Å². The lowest BCUT2D eigenvalue weighted by molar-refractivity contribution is -0.204. The number of para-hydroxylation sites is 1. The van der Waals surface area contributed by atoms with Crippen molar-refractivity contribution in [1.29, 1.82) is 0 Å². The van der Waals surface area contributed by atoms with Crippen molar-refractivity contribution < 1.29 is 32.0 Å². The number of halogens is 3. The standard InChI is InChI=1S/C26H26F3N5O4/c1-33-15-18(19-4-2-3-5-21(19)33)14-30-13-16-8-10-34(11-9-16)25-31-20-12-17(6-7-22(20)37-25)23(35)32-38-24(36)26(27,28)29/h2-7,12,15-16,30H,8-11,13-14H2,1H3,(H,32,35). The third-order valence-corrected chi connectivity index (χ3v) is 6.72. The topological polar surface area (TPSA) is 102 Å². The van der Waals surface area contributed by atoms with Gasteiger partial charge in [-0.25, -0.2) is 4.79 Å². The second-order valence-electron chi connectivity index (χ2n) is 9.34. The van der Waals surface area contributed by atoms with Crippen LogP contribution in [0.3, 0.4) is 0 Å². The second-order valence-corrected chi connectivity index (χ2v) is 9.34. The van der Waals surface area contributed by atoms with Gasteiger partial charge in [0.2, 0.25) is 0 Å². The molecule has 0 saturated carbocycles. The minimum absolute atomic E-state index is 0.0247. The highest BCUT2D eigenvalue weighted by Crippen LogP contribution is 2.27. The van der Waals surface area contributed by atoms with Crippen molar-refractivity contribution in [1.82, 2.24) is 20.3 Å². The number of oxazole rings is 1. The zero-order chi connectivity index (χ0) is 26.9. The van der Waals surface area contributed by atoms with Crippen molar-refractivity contribution in [3.05, 3.63) is 59.8 Å². The van der Waals surface area contributed by atoms with E-state index >= 15 is 0 Å². The van der Waals surface area contributed by atoms with E-state index in [4.69, 9.17) is 4.42 Å². The van der Waals surface area contributed by atoms with Crippen molar-refractivity contribution in [3.63, 3.8) is 0 Å². The Balaban J connectivity index is 1.13. The zero-order valence-corrected chi connectivity index (χ0v) is 20.5. The van der Waals surface area contributed by atoms with Gasteiger partial charge in [-0.15, -0.1) is 0 Å². The number of aromatic nitrogens is 2. The van der Waals surface area contributed by atoms with E-state index < -0.39 is 18.1 Å². The molecule has 12 heteroatoms. The lowest BCUT2D eigenvalue weighted by Crippen LogP contribution is -2.37. The Bertz CT molecular complexity index is 1470. The third kappa shape index (κ3) is 5.44. The monoisotopic (exact) mass is 529 g/mol. The number of nitrogens with zero attached hydrogens (tertiary/aromatic N) is 3. The predicted molar refractivity (Wildman–Crippen MR) is 133 cm³/mol. The molecule has 9 nitrogen and oxygen atoms in total. The summed E-state index contributed by atoms with van der Waals surface area (Å²) in [4.78, 5) is 33.1. The van der Waals surface area contributed by atoms with Gasteiger partial charge in [-0.3, -0.25) is 4.79 Å². The minimum atomic E-state index is -5.21. The van der Waals surface area contributed by atoms with E-state index in [0.29, 0.717) is 23.0 Å². The quantitative estimate of drug-likeness (QED) is 0.363. The fourth-order valence-corrected chi connectivity index (χ4v) is 4.71. The van der Waals surface area contributed by atoms with Crippen LogP contribution in [-0.2, 0) is 23.2 Å². The third-order valence-electron chi connectivity index (χ3n) is 6.72. The van der Waals surface area contributed by atoms with Gasteiger partial charge in [0.15, 0.2) is 5.58 Å². The molecule has 1 aliphatic rings. The first-order chi connectivity index (χ1) is 18.2. The maximum Gasteiger partial charge on any atom is 0.493 e. The number of nitrogens with one attached hydrogen (secondary N) is 2. The fraction of sp³-hybridized carbons (Fsp3) is 0.346. The summed E-state index contributed by atoms with van der Waals surface area (Å²) < 4.78 is 44.7. The summed E-state index contributed by atoms with van der Waals surface area (Å²) in [6, 6.07) is 13.0. The molecule has 5 rings (SSSR count). The molecule has 1 saturated heterocycles. The molecule has 0 aliphatic carbocycles. The van der Waals surface area contributed by atoms with E-state index in [0.717, 1.165) is 39.0 Å². The summed E-state index contributed by atoms with van der Waals surface area (Å²) in [5.41, 5.74) is 4.77. The van der Waals surface area contributed by atoms with Crippen LogP contribution >= 0.6 is 0 Å². The molecule has 3 heterocycles. The van der Waals surface area contributed by atoms with Crippen LogP contribution < -0.4 is 15.7 Å². The molecule has 0 unspecified atom stereocenters. The van der Waals surface area contributed by atoms with Crippen molar-refractivity contribution >= 4 is 39.9 Å². The molecule has 200 valence electrons. The highest BCUT2D eigenvalue weighted by Gasteiger charge is 2.42. The van der Waals surface area contributed by atoms with Gasteiger partial charge in [-0.1, -0.05) is 18.2 Å². The molecule has 2 N–H and O–H groups in total. The Morgan fingerprint density at radius 3 is 2.68 bits per heavy atom. The number of piperidine rings is 1. The number of anilines is 1. The van der Waals surface area contributed by atoms with Crippen LogP contribution in [0.25, 0.3) is 22.0 Å². The van der Waals surface area contributed by atoms with Crippen LogP contribution in [0, 0.1) is 5.92 Å². The van der Waals surface area contributed by atoms with E-state index in [2.05, 4.69) is 51.1 Å². The molecule has 38 heavy (non-hydrogen) atoms. The summed E-state index contributed by atoms with van der Waals surface area (Å²) >= 11 is 0. The van der Waals surface area contributed by atoms with Gasteiger partial charge >= 0.3 is 12.1 Å². The van der Waals surface area contributed by atoms with Crippen molar-refractivity contribution in [2.75, 3.05) is 24.5 Å². The van der Waals surface area contributed by atoms with Crippen LogP contribution in [0.2, 0.25) is 0 Å². The predicted octanol–water partition coefficient (Wildman–Crippen LogP) is 4.08. The van der Waals surface area contributed by atoms with E-state index in [9.17, 15) is 22.8 Å².